The van der Waals surface area contributed by atoms with Crippen LogP contribution in [0.3, 0.4) is 0 Å². The van der Waals surface area contributed by atoms with Crippen LogP contribution in [0, 0.1) is 11.8 Å². The zero-order chi connectivity index (χ0) is 17.0. The molecule has 24 heavy (non-hydrogen) atoms. The Bertz CT molecular complexity index is 355. The minimum Gasteiger partial charge on any atom is -0.382 e. The molecule has 0 amide bonds. The normalized spacial score (nSPS) is 24.0. The lowest BCUT2D eigenvalue weighted by Gasteiger charge is -2.25. The Labute approximate surface area is 148 Å². The maximum Gasteiger partial charge on any atom is 0.193 e. The number of rotatable bonds is 7. The molecule has 5 nitrogen and oxygen atoms in total. The summed E-state index contributed by atoms with van der Waals surface area (Å²) < 4.78 is 10.7. The standard InChI is InChI=1S/C19H37N3O2/c1-20-19(21-14-17-8-6-4-3-5-7-9-17)22-11-10-18(15-22)16-24-13-12-23-2/h17-18H,3-16H2,1-2H3,(H,20,21). The molecule has 0 spiro atoms. The van der Waals surface area contributed by atoms with E-state index in [-0.39, 0.29) is 0 Å². The van der Waals surface area contributed by atoms with Crippen LogP contribution in [-0.2, 0) is 9.47 Å². The van der Waals surface area contributed by atoms with Gasteiger partial charge in [0, 0.05) is 39.7 Å². The average Bonchev–Trinajstić information content (AvgIpc) is 3.02. The third kappa shape index (κ3) is 6.98. The molecule has 1 saturated carbocycles. The van der Waals surface area contributed by atoms with Crippen molar-refractivity contribution in [3.05, 3.63) is 0 Å². The molecular weight excluding hydrogens is 302 g/mol. The van der Waals surface area contributed by atoms with Crippen molar-refractivity contribution < 1.29 is 9.47 Å². The molecule has 0 radical (unpaired) electrons. The highest BCUT2D eigenvalue weighted by Crippen LogP contribution is 2.22. The van der Waals surface area contributed by atoms with E-state index in [9.17, 15) is 0 Å². The molecule has 2 rings (SSSR count). The van der Waals surface area contributed by atoms with E-state index in [4.69, 9.17) is 9.47 Å². The molecule has 1 aliphatic heterocycles. The minimum absolute atomic E-state index is 0.613. The van der Waals surface area contributed by atoms with E-state index in [2.05, 4.69) is 15.2 Å². The van der Waals surface area contributed by atoms with Gasteiger partial charge in [-0.1, -0.05) is 32.1 Å². The van der Waals surface area contributed by atoms with Crippen LogP contribution in [0.2, 0.25) is 0 Å². The fourth-order valence-corrected chi connectivity index (χ4v) is 3.87. The lowest BCUT2D eigenvalue weighted by Crippen LogP contribution is -2.42. The monoisotopic (exact) mass is 339 g/mol. The quantitative estimate of drug-likeness (QED) is 0.440. The number of methoxy groups -OCH3 is 1. The van der Waals surface area contributed by atoms with Gasteiger partial charge in [-0.2, -0.15) is 0 Å². The topological polar surface area (TPSA) is 46.1 Å². The lowest BCUT2D eigenvalue weighted by atomic mass is 9.91. The summed E-state index contributed by atoms with van der Waals surface area (Å²) in [6.07, 6.45) is 11.0. The Morgan fingerprint density at radius 1 is 1.04 bits per heavy atom. The smallest absolute Gasteiger partial charge is 0.193 e. The highest BCUT2D eigenvalue weighted by Gasteiger charge is 2.25. The van der Waals surface area contributed by atoms with Gasteiger partial charge in [0.15, 0.2) is 5.96 Å². The van der Waals surface area contributed by atoms with Gasteiger partial charge in [-0.25, -0.2) is 0 Å². The Balaban J connectivity index is 1.67. The summed E-state index contributed by atoms with van der Waals surface area (Å²) in [6, 6.07) is 0. The molecule has 1 aliphatic carbocycles. The highest BCUT2D eigenvalue weighted by molar-refractivity contribution is 5.80. The van der Waals surface area contributed by atoms with Gasteiger partial charge in [0.25, 0.3) is 0 Å². The summed E-state index contributed by atoms with van der Waals surface area (Å²) in [7, 11) is 3.62. The first-order valence-electron chi connectivity index (χ1n) is 9.85. The minimum atomic E-state index is 0.613. The predicted molar refractivity (Wildman–Crippen MR) is 99.5 cm³/mol. The van der Waals surface area contributed by atoms with E-state index in [1.165, 1.54) is 51.4 Å². The van der Waals surface area contributed by atoms with Crippen LogP contribution in [0.25, 0.3) is 0 Å². The molecule has 0 aromatic rings. The summed E-state index contributed by atoms with van der Waals surface area (Å²) in [5, 5.41) is 3.64. The number of guanidine groups is 1. The molecule has 0 bridgehead atoms. The van der Waals surface area contributed by atoms with E-state index in [0.717, 1.165) is 38.1 Å². The van der Waals surface area contributed by atoms with E-state index < -0.39 is 0 Å². The first-order valence-corrected chi connectivity index (χ1v) is 9.85. The molecule has 1 unspecified atom stereocenters. The highest BCUT2D eigenvalue weighted by atomic mass is 16.5. The SMILES string of the molecule is CN=C(NCC1CCCCCCC1)N1CCC(COCCOC)C1. The number of nitrogens with zero attached hydrogens (tertiary/aromatic N) is 2. The van der Waals surface area contributed by atoms with Crippen molar-refractivity contribution in [3.63, 3.8) is 0 Å². The Hall–Kier alpha value is -0.810. The average molecular weight is 340 g/mol. The van der Waals surface area contributed by atoms with Crippen molar-refractivity contribution in [3.8, 4) is 0 Å². The van der Waals surface area contributed by atoms with Gasteiger partial charge in [-0.3, -0.25) is 4.99 Å². The fourth-order valence-electron chi connectivity index (χ4n) is 3.87. The number of aliphatic imine (C=N–C) groups is 1. The zero-order valence-corrected chi connectivity index (χ0v) is 15.8. The summed E-state index contributed by atoms with van der Waals surface area (Å²) in [5.74, 6) is 2.51. The molecule has 1 heterocycles. The van der Waals surface area contributed by atoms with Crippen molar-refractivity contribution in [1.82, 2.24) is 10.2 Å². The summed E-state index contributed by atoms with van der Waals surface area (Å²) >= 11 is 0. The third-order valence-corrected chi connectivity index (χ3v) is 5.36. The molecular formula is C19H37N3O2. The van der Waals surface area contributed by atoms with Crippen LogP contribution in [0.4, 0.5) is 0 Å². The molecule has 0 aromatic heterocycles. The molecule has 5 heteroatoms. The fraction of sp³-hybridized carbons (Fsp3) is 0.947. The van der Waals surface area contributed by atoms with E-state index >= 15 is 0 Å². The number of likely N-dealkylation sites (tertiary alicyclic amines) is 1. The molecule has 2 fully saturated rings. The van der Waals surface area contributed by atoms with Crippen LogP contribution >= 0.6 is 0 Å². The number of ether oxygens (including phenoxy) is 2. The lowest BCUT2D eigenvalue weighted by molar-refractivity contribution is 0.0536. The van der Waals surface area contributed by atoms with Crippen LogP contribution in [-0.4, -0.2) is 64.5 Å². The second kappa shape index (κ2) is 11.7. The van der Waals surface area contributed by atoms with Crippen LogP contribution in [0.5, 0.6) is 0 Å². The maximum atomic E-state index is 5.69. The maximum absolute atomic E-state index is 5.69. The number of hydrogen-bond donors (Lipinski definition) is 1. The third-order valence-electron chi connectivity index (χ3n) is 5.36. The Morgan fingerprint density at radius 2 is 1.79 bits per heavy atom. The molecule has 1 atom stereocenters. The largest absolute Gasteiger partial charge is 0.382 e. The summed E-state index contributed by atoms with van der Waals surface area (Å²) in [6.45, 7) is 5.43. The van der Waals surface area contributed by atoms with Crippen molar-refractivity contribution in [2.24, 2.45) is 16.8 Å². The molecule has 2 aliphatic rings. The molecule has 1 saturated heterocycles. The number of hydrogen-bond acceptors (Lipinski definition) is 3. The van der Waals surface area contributed by atoms with Gasteiger partial charge >= 0.3 is 0 Å². The summed E-state index contributed by atoms with van der Waals surface area (Å²) in [4.78, 5) is 6.91. The van der Waals surface area contributed by atoms with Crippen LogP contribution < -0.4 is 5.32 Å². The molecule has 0 aromatic carbocycles. The number of nitrogens with one attached hydrogen (secondary N) is 1. The van der Waals surface area contributed by atoms with E-state index in [1.54, 1.807) is 7.11 Å². The Morgan fingerprint density at radius 3 is 2.50 bits per heavy atom. The first kappa shape index (κ1) is 19.5. The van der Waals surface area contributed by atoms with Crippen molar-refractivity contribution in [2.75, 3.05) is 53.6 Å². The van der Waals surface area contributed by atoms with Gasteiger partial charge in [-0.05, 0) is 25.2 Å². The van der Waals surface area contributed by atoms with Gasteiger partial charge in [-0.15, -0.1) is 0 Å². The van der Waals surface area contributed by atoms with Crippen LogP contribution in [0.1, 0.15) is 51.4 Å². The van der Waals surface area contributed by atoms with Crippen LogP contribution in [0.15, 0.2) is 4.99 Å². The summed E-state index contributed by atoms with van der Waals surface area (Å²) in [5.41, 5.74) is 0. The first-order chi connectivity index (χ1) is 11.8. The van der Waals surface area contributed by atoms with Gasteiger partial charge < -0.3 is 19.7 Å². The zero-order valence-electron chi connectivity index (χ0n) is 15.8. The second-order valence-corrected chi connectivity index (χ2v) is 7.31. The molecule has 1 N–H and O–H groups in total. The van der Waals surface area contributed by atoms with Gasteiger partial charge in [0.2, 0.25) is 0 Å². The predicted octanol–water partition coefficient (Wildman–Crippen LogP) is 2.91. The van der Waals surface area contributed by atoms with Crippen molar-refractivity contribution in [2.45, 2.75) is 51.4 Å². The van der Waals surface area contributed by atoms with Crippen molar-refractivity contribution >= 4 is 5.96 Å². The van der Waals surface area contributed by atoms with Gasteiger partial charge in [0.05, 0.1) is 19.8 Å². The van der Waals surface area contributed by atoms with Gasteiger partial charge in [0.1, 0.15) is 0 Å². The second-order valence-electron chi connectivity index (χ2n) is 7.31. The Kier molecular flexibility index (Phi) is 9.51. The van der Waals surface area contributed by atoms with E-state index in [1.807, 2.05) is 7.05 Å². The van der Waals surface area contributed by atoms with E-state index in [0.29, 0.717) is 19.1 Å². The molecule has 140 valence electrons. The van der Waals surface area contributed by atoms with Crippen molar-refractivity contribution in [1.29, 1.82) is 0 Å².